The van der Waals surface area contributed by atoms with Gasteiger partial charge < -0.3 is 29.3 Å². The van der Waals surface area contributed by atoms with Gasteiger partial charge in [0.15, 0.2) is 18.1 Å². The molecular formula is C34H43N7O6. The second-order valence-corrected chi connectivity index (χ2v) is 12.5. The molecular weight excluding hydrogens is 602 g/mol. The summed E-state index contributed by atoms with van der Waals surface area (Å²) >= 11 is 0. The van der Waals surface area contributed by atoms with Gasteiger partial charge in [0.2, 0.25) is 5.95 Å². The molecule has 0 atom stereocenters. The summed E-state index contributed by atoms with van der Waals surface area (Å²) in [6, 6.07) is 9.04. The maximum Gasteiger partial charge on any atom is 0.331 e. The number of piperidine rings is 1. The first-order valence-electron chi connectivity index (χ1n) is 16.3. The highest BCUT2D eigenvalue weighted by Crippen LogP contribution is 2.38. The number of aromatic nitrogens is 4. The number of nitrogens with one attached hydrogen (secondary N) is 1. The van der Waals surface area contributed by atoms with Crippen LogP contribution < -0.4 is 35.8 Å². The number of fused-ring (bicyclic) bond motifs is 2. The molecule has 1 N–H and O–H groups in total. The summed E-state index contributed by atoms with van der Waals surface area (Å²) in [6.45, 7) is 11.5. The number of hydrogen-bond acceptors (Lipinski definition) is 10. The lowest BCUT2D eigenvalue weighted by atomic mass is 10.0. The van der Waals surface area contributed by atoms with Crippen molar-refractivity contribution in [1.82, 2.24) is 24.4 Å². The number of anilines is 2. The Kier molecular flexibility index (Phi) is 9.35. The van der Waals surface area contributed by atoms with Crippen LogP contribution in [0, 0.1) is 6.92 Å². The molecule has 0 aliphatic carbocycles. The van der Waals surface area contributed by atoms with Gasteiger partial charge in [0.1, 0.15) is 5.82 Å². The summed E-state index contributed by atoms with van der Waals surface area (Å²) in [5.74, 6) is 2.03. The van der Waals surface area contributed by atoms with E-state index in [4.69, 9.17) is 24.2 Å². The van der Waals surface area contributed by atoms with E-state index in [0.29, 0.717) is 92.7 Å². The van der Waals surface area contributed by atoms with Crippen LogP contribution in [0.3, 0.4) is 0 Å². The molecule has 2 aromatic carbocycles. The van der Waals surface area contributed by atoms with Gasteiger partial charge >= 0.3 is 5.69 Å². The van der Waals surface area contributed by atoms with Crippen molar-refractivity contribution in [2.24, 2.45) is 7.05 Å². The molecule has 0 bridgehead atoms. The largest absolute Gasteiger partial charge is 0.490 e. The Morgan fingerprint density at radius 3 is 2.40 bits per heavy atom. The molecule has 0 saturated carbocycles. The first-order valence-corrected chi connectivity index (χ1v) is 16.3. The molecule has 47 heavy (non-hydrogen) atoms. The van der Waals surface area contributed by atoms with Crippen molar-refractivity contribution in [2.45, 2.75) is 52.6 Å². The van der Waals surface area contributed by atoms with E-state index in [9.17, 15) is 14.4 Å². The molecule has 0 spiro atoms. The van der Waals surface area contributed by atoms with E-state index in [-0.39, 0.29) is 35.8 Å². The summed E-state index contributed by atoms with van der Waals surface area (Å²) < 4.78 is 20.5. The Labute approximate surface area is 273 Å². The lowest BCUT2D eigenvalue weighted by molar-refractivity contribution is -0.123. The maximum absolute atomic E-state index is 13.6. The molecule has 13 heteroatoms. The molecule has 2 aromatic heterocycles. The number of carbonyl (C=O) groups excluding carboxylic acids is 1. The number of morpholine rings is 1. The Bertz CT molecular complexity index is 1910. The van der Waals surface area contributed by atoms with Gasteiger partial charge in [-0.2, -0.15) is 4.98 Å². The van der Waals surface area contributed by atoms with Gasteiger partial charge in [-0.1, -0.05) is 11.6 Å². The second kappa shape index (κ2) is 13.6. The first-order chi connectivity index (χ1) is 22.6. The fourth-order valence-corrected chi connectivity index (χ4v) is 6.40. The molecule has 4 heterocycles. The Morgan fingerprint density at radius 1 is 0.979 bits per heavy atom. The minimum atomic E-state index is -0.303. The quantitative estimate of drug-likeness (QED) is 0.290. The van der Waals surface area contributed by atoms with Crippen molar-refractivity contribution in [3.05, 3.63) is 56.7 Å². The monoisotopic (exact) mass is 645 g/mol. The summed E-state index contributed by atoms with van der Waals surface area (Å²) in [5, 5.41) is 4.18. The number of ether oxygens (including phenoxy) is 3. The molecule has 13 nitrogen and oxygen atoms in total. The molecule has 4 aromatic rings. The van der Waals surface area contributed by atoms with E-state index >= 15 is 0 Å². The second-order valence-electron chi connectivity index (χ2n) is 12.5. The van der Waals surface area contributed by atoms with Gasteiger partial charge in [-0.3, -0.25) is 18.7 Å². The number of amides is 1. The lowest BCUT2D eigenvalue weighted by Crippen LogP contribution is -2.45. The molecule has 2 aliphatic heterocycles. The van der Waals surface area contributed by atoms with Crippen molar-refractivity contribution in [1.29, 1.82) is 0 Å². The number of benzene rings is 2. The molecule has 0 radical (unpaired) electrons. The lowest BCUT2D eigenvalue weighted by Gasteiger charge is -2.35. The normalized spacial score (nSPS) is 15.9. The van der Waals surface area contributed by atoms with Crippen molar-refractivity contribution < 1.29 is 19.0 Å². The summed E-state index contributed by atoms with van der Waals surface area (Å²) in [7, 11) is 1.72. The van der Waals surface area contributed by atoms with Gasteiger partial charge in [0, 0.05) is 56.8 Å². The highest BCUT2D eigenvalue weighted by atomic mass is 16.5. The fourth-order valence-electron chi connectivity index (χ4n) is 6.40. The molecule has 2 saturated heterocycles. The summed E-state index contributed by atoms with van der Waals surface area (Å²) in [4.78, 5) is 53.7. The zero-order valence-electron chi connectivity index (χ0n) is 27.7. The van der Waals surface area contributed by atoms with Gasteiger partial charge in [-0.25, -0.2) is 9.78 Å². The van der Waals surface area contributed by atoms with Crippen LogP contribution in [-0.4, -0.2) is 83.7 Å². The van der Waals surface area contributed by atoms with Crippen LogP contribution in [0.2, 0.25) is 0 Å². The molecule has 0 unspecified atom stereocenters. The van der Waals surface area contributed by atoms with Gasteiger partial charge in [0.25, 0.3) is 11.5 Å². The molecule has 2 fully saturated rings. The maximum atomic E-state index is 13.6. The van der Waals surface area contributed by atoms with Crippen molar-refractivity contribution in [3.63, 3.8) is 0 Å². The predicted molar refractivity (Wildman–Crippen MR) is 181 cm³/mol. The van der Waals surface area contributed by atoms with Crippen LogP contribution in [-0.2, 0) is 16.6 Å². The van der Waals surface area contributed by atoms with Crippen LogP contribution in [0.4, 0.5) is 11.8 Å². The average molecular weight is 646 g/mol. The number of aryl methyl sites for hydroxylation is 2. The van der Waals surface area contributed by atoms with Crippen LogP contribution in [0.15, 0.2) is 39.9 Å². The highest BCUT2D eigenvalue weighted by Gasteiger charge is 2.28. The Hall–Kier alpha value is -4.65. The van der Waals surface area contributed by atoms with Crippen molar-refractivity contribution in [3.8, 4) is 11.5 Å². The third kappa shape index (κ3) is 6.62. The standard InChI is InChI=1S/C34H43N7O6/c1-6-46-28-18-24-26(19-29(28)47-20-30(42)35-21(2)3)36-33(40-13-15-45-16-14-40)37-31(24)39-11-9-23(10-12-39)41-32(43)25-17-22(4)7-8-27(25)38(5)34(41)44/h7-8,17-19,21,23H,6,9-16,20H2,1-5H3,(H,35,42). The van der Waals surface area contributed by atoms with E-state index in [0.717, 1.165) is 16.8 Å². The summed E-state index contributed by atoms with van der Waals surface area (Å²) in [6.07, 6.45) is 1.19. The zero-order chi connectivity index (χ0) is 33.2. The number of nitrogens with zero attached hydrogens (tertiary/aromatic N) is 6. The van der Waals surface area contributed by atoms with Crippen molar-refractivity contribution in [2.75, 3.05) is 62.4 Å². The predicted octanol–water partition coefficient (Wildman–Crippen LogP) is 2.93. The van der Waals surface area contributed by atoms with Crippen LogP contribution in [0.25, 0.3) is 21.8 Å². The third-order valence-electron chi connectivity index (χ3n) is 8.72. The molecule has 1 amide bonds. The number of hydrogen-bond donors (Lipinski definition) is 1. The average Bonchev–Trinajstić information content (AvgIpc) is 3.06. The number of carbonyl (C=O) groups is 1. The SMILES string of the molecule is CCOc1cc2c(N3CCC(n4c(=O)c5cc(C)ccc5n(C)c4=O)CC3)nc(N3CCOCC3)nc2cc1OCC(=O)NC(C)C. The minimum absolute atomic E-state index is 0.00310. The topological polar surface area (TPSA) is 133 Å². The fraction of sp³-hybridized carbons (Fsp3) is 0.500. The highest BCUT2D eigenvalue weighted by molar-refractivity contribution is 5.93. The van der Waals surface area contributed by atoms with Gasteiger partial charge in [-0.15, -0.1) is 0 Å². The molecule has 6 rings (SSSR count). The number of rotatable bonds is 9. The minimum Gasteiger partial charge on any atom is -0.490 e. The Balaban J connectivity index is 1.35. The van der Waals surface area contributed by atoms with E-state index in [1.54, 1.807) is 11.6 Å². The van der Waals surface area contributed by atoms with Crippen LogP contribution in [0.1, 0.15) is 45.2 Å². The molecule has 2 aliphatic rings. The van der Waals surface area contributed by atoms with E-state index in [1.165, 1.54) is 4.57 Å². The first kappa shape index (κ1) is 32.3. The van der Waals surface area contributed by atoms with Crippen LogP contribution in [0.5, 0.6) is 11.5 Å². The van der Waals surface area contributed by atoms with Gasteiger partial charge in [-0.05, 0) is 58.7 Å². The summed E-state index contributed by atoms with van der Waals surface area (Å²) in [5.41, 5.74) is 1.72. The van der Waals surface area contributed by atoms with E-state index in [2.05, 4.69) is 15.1 Å². The zero-order valence-corrected chi connectivity index (χ0v) is 27.7. The smallest absolute Gasteiger partial charge is 0.331 e. The third-order valence-corrected chi connectivity index (χ3v) is 8.72. The van der Waals surface area contributed by atoms with E-state index in [1.807, 2.05) is 58.0 Å². The van der Waals surface area contributed by atoms with Crippen LogP contribution >= 0.6 is 0 Å². The molecule has 250 valence electrons. The van der Waals surface area contributed by atoms with E-state index < -0.39 is 0 Å². The van der Waals surface area contributed by atoms with Crippen molar-refractivity contribution >= 4 is 39.5 Å². The van der Waals surface area contributed by atoms with Gasteiger partial charge in [0.05, 0.1) is 36.2 Å². The Morgan fingerprint density at radius 2 is 1.70 bits per heavy atom.